The molecule has 4 rings (SSSR count). The zero-order valence-electron chi connectivity index (χ0n) is 19.7. The van der Waals surface area contributed by atoms with Crippen LogP contribution in [-0.2, 0) is 26.1 Å². The van der Waals surface area contributed by atoms with Crippen LogP contribution in [0.4, 0.5) is 5.69 Å². The molecule has 1 atom stereocenters. The molecule has 0 aromatic heterocycles. The van der Waals surface area contributed by atoms with Gasteiger partial charge in [-0.3, -0.25) is 9.10 Å². The summed E-state index contributed by atoms with van der Waals surface area (Å²) in [6.07, 6.45) is 2.04. The molecule has 0 spiro atoms. The maximum Gasteiger partial charge on any atom is 0.264 e. The molecule has 1 saturated heterocycles. The van der Waals surface area contributed by atoms with Crippen LogP contribution in [0.3, 0.4) is 0 Å². The summed E-state index contributed by atoms with van der Waals surface area (Å²) in [5, 5.41) is 2.82. The van der Waals surface area contributed by atoms with Gasteiger partial charge in [0.15, 0.2) is 6.61 Å². The lowest BCUT2D eigenvalue weighted by Gasteiger charge is -2.25. The van der Waals surface area contributed by atoms with Crippen LogP contribution in [0, 0.1) is 6.92 Å². The van der Waals surface area contributed by atoms with E-state index in [9.17, 15) is 13.2 Å². The highest BCUT2D eigenvalue weighted by Crippen LogP contribution is 2.28. The van der Waals surface area contributed by atoms with Crippen LogP contribution in [0.1, 0.15) is 24.0 Å². The van der Waals surface area contributed by atoms with E-state index in [1.54, 1.807) is 48.5 Å². The average molecular weight is 495 g/mol. The molecule has 1 amide bonds. The van der Waals surface area contributed by atoms with Crippen LogP contribution in [-0.4, -0.2) is 40.2 Å². The third-order valence-corrected chi connectivity index (χ3v) is 7.61. The van der Waals surface area contributed by atoms with Crippen molar-refractivity contribution in [1.82, 2.24) is 5.32 Å². The summed E-state index contributed by atoms with van der Waals surface area (Å²) in [6, 6.07) is 23.0. The van der Waals surface area contributed by atoms with Crippen LogP contribution < -0.4 is 14.4 Å². The summed E-state index contributed by atoms with van der Waals surface area (Å²) in [5.74, 6) is 0.255. The maximum atomic E-state index is 13.6. The molecule has 1 heterocycles. The molecule has 0 aliphatic carbocycles. The van der Waals surface area contributed by atoms with Crippen molar-refractivity contribution in [1.29, 1.82) is 0 Å². The minimum atomic E-state index is -3.81. The fourth-order valence-corrected chi connectivity index (χ4v) is 5.30. The molecule has 1 N–H and O–H groups in total. The lowest BCUT2D eigenvalue weighted by atomic mass is 10.2. The van der Waals surface area contributed by atoms with Gasteiger partial charge in [-0.2, -0.15) is 0 Å². The molecule has 0 bridgehead atoms. The zero-order chi connectivity index (χ0) is 24.7. The summed E-state index contributed by atoms with van der Waals surface area (Å²) in [5.41, 5.74) is 2.36. The Morgan fingerprint density at radius 2 is 1.74 bits per heavy atom. The fraction of sp³-hybridized carbons (Fsp3) is 0.296. The van der Waals surface area contributed by atoms with Gasteiger partial charge in [-0.05, 0) is 61.7 Å². The van der Waals surface area contributed by atoms with Gasteiger partial charge in [-0.25, -0.2) is 8.42 Å². The minimum Gasteiger partial charge on any atom is -0.484 e. The van der Waals surface area contributed by atoms with Crippen molar-refractivity contribution in [3.8, 4) is 5.75 Å². The number of hydrogen-bond donors (Lipinski definition) is 1. The van der Waals surface area contributed by atoms with E-state index in [1.165, 1.54) is 4.31 Å². The number of sulfonamides is 1. The van der Waals surface area contributed by atoms with Crippen molar-refractivity contribution >= 4 is 21.6 Å². The molecular formula is C27H30N2O5S. The van der Waals surface area contributed by atoms with Crippen molar-refractivity contribution in [2.24, 2.45) is 0 Å². The Balaban J connectivity index is 1.47. The number of rotatable bonds is 10. The predicted molar refractivity (Wildman–Crippen MR) is 135 cm³/mol. The van der Waals surface area contributed by atoms with E-state index >= 15 is 0 Å². The SMILES string of the molecule is Cc1ccc(S(=O)(=O)N(Cc2ccccc2)c2ccc(OCC(=O)NC[C@@H]3CCCO3)cc2)cc1. The van der Waals surface area contributed by atoms with Gasteiger partial charge in [-0.1, -0.05) is 48.0 Å². The van der Waals surface area contributed by atoms with Crippen molar-refractivity contribution in [2.45, 2.75) is 37.3 Å². The molecule has 8 heteroatoms. The van der Waals surface area contributed by atoms with E-state index < -0.39 is 10.0 Å². The minimum absolute atomic E-state index is 0.0734. The Kier molecular flexibility index (Phi) is 8.05. The monoisotopic (exact) mass is 494 g/mol. The van der Waals surface area contributed by atoms with Gasteiger partial charge >= 0.3 is 0 Å². The molecule has 1 fully saturated rings. The van der Waals surface area contributed by atoms with Crippen LogP contribution >= 0.6 is 0 Å². The number of benzene rings is 3. The first kappa shape index (κ1) is 24.8. The maximum absolute atomic E-state index is 13.6. The number of aryl methyl sites for hydroxylation is 1. The number of amides is 1. The number of hydrogen-bond acceptors (Lipinski definition) is 5. The van der Waals surface area contributed by atoms with Gasteiger partial charge in [0.25, 0.3) is 15.9 Å². The van der Waals surface area contributed by atoms with Crippen LogP contribution in [0.2, 0.25) is 0 Å². The van der Waals surface area contributed by atoms with E-state index in [2.05, 4.69) is 5.32 Å². The average Bonchev–Trinajstić information content (AvgIpc) is 3.40. The van der Waals surface area contributed by atoms with Crippen LogP contribution in [0.25, 0.3) is 0 Å². The molecule has 3 aromatic carbocycles. The van der Waals surface area contributed by atoms with Gasteiger partial charge in [0.1, 0.15) is 5.75 Å². The number of nitrogens with zero attached hydrogens (tertiary/aromatic N) is 1. The lowest BCUT2D eigenvalue weighted by Crippen LogP contribution is -2.35. The summed E-state index contributed by atoms with van der Waals surface area (Å²) in [6.45, 7) is 3.20. The fourth-order valence-electron chi connectivity index (χ4n) is 3.84. The molecule has 1 aliphatic rings. The van der Waals surface area contributed by atoms with Gasteiger partial charge in [0.2, 0.25) is 0 Å². The summed E-state index contributed by atoms with van der Waals surface area (Å²) in [7, 11) is -3.81. The Hall–Kier alpha value is -3.36. The smallest absolute Gasteiger partial charge is 0.264 e. The Bertz CT molecular complexity index is 1210. The number of ether oxygens (including phenoxy) is 2. The number of anilines is 1. The first-order valence-electron chi connectivity index (χ1n) is 11.7. The van der Waals surface area contributed by atoms with Crippen molar-refractivity contribution in [3.05, 3.63) is 90.0 Å². The highest BCUT2D eigenvalue weighted by Gasteiger charge is 2.25. The molecule has 3 aromatic rings. The molecule has 35 heavy (non-hydrogen) atoms. The van der Waals surface area contributed by atoms with Crippen LogP contribution in [0.15, 0.2) is 83.8 Å². The second kappa shape index (κ2) is 11.4. The second-order valence-corrected chi connectivity index (χ2v) is 10.4. The summed E-state index contributed by atoms with van der Waals surface area (Å²) >= 11 is 0. The Morgan fingerprint density at radius 3 is 2.40 bits per heavy atom. The second-order valence-electron chi connectivity index (χ2n) is 8.53. The largest absolute Gasteiger partial charge is 0.484 e. The molecular weight excluding hydrogens is 464 g/mol. The first-order chi connectivity index (χ1) is 16.9. The third-order valence-electron chi connectivity index (χ3n) is 5.82. The summed E-state index contributed by atoms with van der Waals surface area (Å²) in [4.78, 5) is 12.3. The normalized spacial score (nSPS) is 15.5. The number of carbonyl (C=O) groups excluding carboxylic acids is 1. The van der Waals surface area contributed by atoms with Gasteiger partial charge in [0, 0.05) is 13.2 Å². The molecule has 0 saturated carbocycles. The topological polar surface area (TPSA) is 84.9 Å². The zero-order valence-corrected chi connectivity index (χ0v) is 20.5. The Labute approximate surface area is 206 Å². The summed E-state index contributed by atoms with van der Waals surface area (Å²) < 4.78 is 39.6. The van der Waals surface area contributed by atoms with Gasteiger partial charge in [0.05, 0.1) is 23.2 Å². The van der Waals surface area contributed by atoms with Crippen molar-refractivity contribution in [3.63, 3.8) is 0 Å². The van der Waals surface area contributed by atoms with E-state index in [-0.39, 0.29) is 30.1 Å². The number of nitrogens with one attached hydrogen (secondary N) is 1. The molecule has 0 unspecified atom stereocenters. The molecule has 1 aliphatic heterocycles. The van der Waals surface area contributed by atoms with Gasteiger partial charge in [-0.15, -0.1) is 0 Å². The van der Waals surface area contributed by atoms with Crippen molar-refractivity contribution in [2.75, 3.05) is 24.1 Å². The standard InChI is InChI=1S/C27H30N2O5S/c1-21-9-15-26(16-10-21)35(31,32)29(19-22-6-3-2-4-7-22)23-11-13-24(14-12-23)34-20-27(30)28-18-25-8-5-17-33-25/h2-4,6-7,9-16,25H,5,8,17-20H2,1H3,(H,28,30)/t25-/m0/s1. The first-order valence-corrected chi connectivity index (χ1v) is 13.1. The quantitative estimate of drug-likeness (QED) is 0.459. The van der Waals surface area contributed by atoms with E-state index in [0.717, 1.165) is 30.6 Å². The van der Waals surface area contributed by atoms with Crippen molar-refractivity contribution < 1.29 is 22.7 Å². The van der Waals surface area contributed by atoms with E-state index in [0.29, 0.717) is 18.0 Å². The molecule has 7 nitrogen and oxygen atoms in total. The number of carbonyl (C=O) groups is 1. The van der Waals surface area contributed by atoms with Crippen LogP contribution in [0.5, 0.6) is 5.75 Å². The molecule has 0 radical (unpaired) electrons. The highest BCUT2D eigenvalue weighted by molar-refractivity contribution is 7.92. The highest BCUT2D eigenvalue weighted by atomic mass is 32.2. The van der Waals surface area contributed by atoms with E-state index in [4.69, 9.17) is 9.47 Å². The van der Waals surface area contributed by atoms with Gasteiger partial charge < -0.3 is 14.8 Å². The molecule has 184 valence electrons. The lowest BCUT2D eigenvalue weighted by molar-refractivity contribution is -0.123. The third kappa shape index (κ3) is 6.61. The van der Waals surface area contributed by atoms with E-state index in [1.807, 2.05) is 37.3 Å². The Morgan fingerprint density at radius 1 is 1.03 bits per heavy atom. The predicted octanol–water partition coefficient (Wildman–Crippen LogP) is 4.06.